The Morgan fingerprint density at radius 3 is 2.56 bits per heavy atom. The number of imide groups is 1. The molecule has 1 aromatic rings. The second-order valence-corrected chi connectivity index (χ2v) is 8.38. The lowest BCUT2D eigenvalue weighted by molar-refractivity contribution is -0.140. The minimum atomic E-state index is -2.52. The second-order valence-electron chi connectivity index (χ2n) is 8.38. The highest BCUT2D eigenvalue weighted by Gasteiger charge is 2.58. The smallest absolute Gasteiger partial charge is 0.272 e. The van der Waals surface area contributed by atoms with Gasteiger partial charge >= 0.3 is 0 Å². The predicted octanol–water partition coefficient (Wildman–Crippen LogP) is 2.19. The molecule has 1 saturated carbocycles. The van der Waals surface area contributed by atoms with Crippen LogP contribution < -0.4 is 15.4 Å². The number of carbonyl (C=O) groups is 2. The molecule has 32 heavy (non-hydrogen) atoms. The van der Waals surface area contributed by atoms with Crippen molar-refractivity contribution in [3.8, 4) is 5.75 Å². The van der Waals surface area contributed by atoms with Gasteiger partial charge < -0.3 is 15.4 Å². The normalized spacial score (nSPS) is 26.2. The topological polar surface area (TPSA) is 83.0 Å². The van der Waals surface area contributed by atoms with E-state index < -0.39 is 13.0 Å². The molecule has 0 radical (unpaired) electrons. The van der Waals surface area contributed by atoms with Crippen molar-refractivity contribution in [2.45, 2.75) is 25.8 Å². The number of hydrogen-bond donors (Lipinski definition) is 2. The van der Waals surface area contributed by atoms with Gasteiger partial charge in [0.2, 0.25) is 11.8 Å². The van der Waals surface area contributed by atoms with E-state index in [2.05, 4.69) is 27.8 Å². The molecule has 9 heteroatoms. The zero-order chi connectivity index (χ0) is 22.7. The summed E-state index contributed by atoms with van der Waals surface area (Å²) in [6.45, 7) is 0.752. The van der Waals surface area contributed by atoms with Gasteiger partial charge in [-0.2, -0.15) is 0 Å². The molecule has 1 saturated heterocycles. The van der Waals surface area contributed by atoms with Crippen molar-refractivity contribution < 1.29 is 23.1 Å². The maximum atomic E-state index is 12.7. The first-order chi connectivity index (χ1) is 15.5. The molecule has 0 spiro atoms. The number of alkyl halides is 2. The summed E-state index contributed by atoms with van der Waals surface area (Å²) < 4.78 is 29.6. The minimum absolute atomic E-state index is 0.0201. The average molecular weight is 446 g/mol. The Morgan fingerprint density at radius 2 is 1.91 bits per heavy atom. The van der Waals surface area contributed by atoms with Crippen molar-refractivity contribution in [3.05, 3.63) is 42.0 Å². The van der Waals surface area contributed by atoms with E-state index in [-0.39, 0.29) is 35.5 Å². The Balaban J connectivity index is 1.19. The highest BCUT2D eigenvalue weighted by molar-refractivity contribution is 6.06. The van der Waals surface area contributed by atoms with E-state index in [4.69, 9.17) is 4.74 Å². The van der Waals surface area contributed by atoms with E-state index in [1.165, 1.54) is 4.90 Å². The fourth-order valence-corrected chi connectivity index (χ4v) is 4.94. The standard InChI is InChI=1S/C23H28F2N4O3/c1-26-23(28-12-14-4-2-5-17(10-14)32-13-18(24)25)27-8-3-9-29-21(30)19-15-6-7-16(11-15)20(19)22(29)31/h2,4-7,10,15-16,18-20H,3,8-9,11-13H2,1H3,(H2,26,27,28). The van der Waals surface area contributed by atoms with Gasteiger partial charge in [0.1, 0.15) is 12.4 Å². The third-order valence-electron chi connectivity index (χ3n) is 6.37. The van der Waals surface area contributed by atoms with Crippen LogP contribution >= 0.6 is 0 Å². The van der Waals surface area contributed by atoms with Crippen LogP contribution in [0.15, 0.2) is 41.4 Å². The number of amides is 2. The Hall–Kier alpha value is -2.97. The van der Waals surface area contributed by atoms with Gasteiger partial charge in [0.05, 0.1) is 11.8 Å². The van der Waals surface area contributed by atoms with Gasteiger partial charge in [-0.1, -0.05) is 24.3 Å². The molecule has 2 bridgehead atoms. The summed E-state index contributed by atoms with van der Waals surface area (Å²) in [4.78, 5) is 31.0. The number of fused-ring (bicyclic) bond motifs is 5. The highest BCUT2D eigenvalue weighted by Crippen LogP contribution is 2.52. The van der Waals surface area contributed by atoms with Gasteiger partial charge in [0.15, 0.2) is 5.96 Å². The van der Waals surface area contributed by atoms with Crippen LogP contribution in [0.25, 0.3) is 0 Å². The van der Waals surface area contributed by atoms with Crippen LogP contribution in [0.1, 0.15) is 18.4 Å². The first-order valence-corrected chi connectivity index (χ1v) is 11.0. The van der Waals surface area contributed by atoms with Crippen LogP contribution in [-0.2, 0) is 16.1 Å². The number of aliphatic imine (C=N–C) groups is 1. The number of guanidine groups is 1. The number of halogens is 2. The van der Waals surface area contributed by atoms with Crippen LogP contribution in [0.4, 0.5) is 8.78 Å². The Bertz CT molecular complexity index is 890. The van der Waals surface area contributed by atoms with Crippen molar-refractivity contribution in [3.63, 3.8) is 0 Å². The molecular formula is C23H28F2N4O3. The molecule has 2 aliphatic carbocycles. The second kappa shape index (κ2) is 9.67. The zero-order valence-electron chi connectivity index (χ0n) is 18.0. The van der Waals surface area contributed by atoms with Crippen LogP contribution in [0, 0.1) is 23.7 Å². The Labute approximate surface area is 185 Å². The predicted molar refractivity (Wildman–Crippen MR) is 115 cm³/mol. The molecule has 3 aliphatic rings. The third kappa shape index (κ3) is 4.61. The number of nitrogens with one attached hydrogen (secondary N) is 2. The van der Waals surface area contributed by atoms with Crippen molar-refractivity contribution in [1.82, 2.24) is 15.5 Å². The first kappa shape index (κ1) is 22.2. The summed E-state index contributed by atoms with van der Waals surface area (Å²) >= 11 is 0. The molecule has 2 amide bonds. The summed E-state index contributed by atoms with van der Waals surface area (Å²) in [6.07, 6.45) is 3.23. The number of allylic oxidation sites excluding steroid dienone is 2. The molecule has 4 atom stereocenters. The number of nitrogens with zero attached hydrogens (tertiary/aromatic N) is 2. The molecule has 1 aromatic carbocycles. The molecule has 4 unspecified atom stereocenters. The number of hydrogen-bond acceptors (Lipinski definition) is 4. The minimum Gasteiger partial charge on any atom is -0.488 e. The average Bonchev–Trinajstić information content (AvgIpc) is 3.47. The van der Waals surface area contributed by atoms with Gasteiger partial charge in [0, 0.05) is 26.7 Å². The summed E-state index contributed by atoms with van der Waals surface area (Å²) in [5, 5.41) is 6.33. The lowest BCUT2D eigenvalue weighted by Crippen LogP contribution is -2.39. The van der Waals surface area contributed by atoms with Crippen molar-refractivity contribution >= 4 is 17.8 Å². The fourth-order valence-electron chi connectivity index (χ4n) is 4.94. The Kier molecular flexibility index (Phi) is 6.72. The summed E-state index contributed by atoms with van der Waals surface area (Å²) in [6, 6.07) is 6.94. The maximum absolute atomic E-state index is 12.7. The van der Waals surface area contributed by atoms with Crippen molar-refractivity contribution in [2.24, 2.45) is 28.7 Å². The molecule has 2 N–H and O–H groups in total. The monoisotopic (exact) mass is 446 g/mol. The van der Waals surface area contributed by atoms with E-state index >= 15 is 0 Å². The Morgan fingerprint density at radius 1 is 1.19 bits per heavy atom. The van der Waals surface area contributed by atoms with E-state index in [0.29, 0.717) is 37.8 Å². The van der Waals surface area contributed by atoms with Gasteiger partial charge in [-0.25, -0.2) is 8.78 Å². The van der Waals surface area contributed by atoms with Gasteiger partial charge in [-0.15, -0.1) is 0 Å². The largest absolute Gasteiger partial charge is 0.488 e. The molecule has 0 aromatic heterocycles. The molecule has 2 fully saturated rings. The summed E-state index contributed by atoms with van der Waals surface area (Å²) in [7, 11) is 1.65. The summed E-state index contributed by atoms with van der Waals surface area (Å²) in [5.74, 6) is 1.07. The van der Waals surface area contributed by atoms with Gasteiger partial charge in [-0.05, 0) is 42.4 Å². The number of rotatable bonds is 9. The van der Waals surface area contributed by atoms with E-state index in [9.17, 15) is 18.4 Å². The zero-order valence-corrected chi connectivity index (χ0v) is 18.0. The van der Waals surface area contributed by atoms with E-state index in [0.717, 1.165) is 12.0 Å². The van der Waals surface area contributed by atoms with Crippen LogP contribution in [0.5, 0.6) is 5.75 Å². The number of carbonyl (C=O) groups excluding carboxylic acids is 2. The third-order valence-corrected chi connectivity index (χ3v) is 6.37. The van der Waals surface area contributed by atoms with E-state index in [1.54, 1.807) is 25.2 Å². The molecular weight excluding hydrogens is 418 g/mol. The van der Waals surface area contributed by atoms with E-state index in [1.807, 2.05) is 6.07 Å². The molecule has 7 nitrogen and oxygen atoms in total. The van der Waals surface area contributed by atoms with Crippen LogP contribution in [0.3, 0.4) is 0 Å². The fraction of sp³-hybridized carbons (Fsp3) is 0.522. The molecule has 172 valence electrons. The maximum Gasteiger partial charge on any atom is 0.272 e. The SMILES string of the molecule is CN=C(NCCCN1C(=O)C2C3C=CC(C3)C2C1=O)NCc1cccc(OCC(F)F)c1. The number of likely N-dealkylation sites (tertiary alicyclic amines) is 1. The van der Waals surface area contributed by atoms with Crippen LogP contribution in [-0.4, -0.2) is 55.8 Å². The van der Waals surface area contributed by atoms with Gasteiger partial charge in [0.25, 0.3) is 6.43 Å². The highest BCUT2D eigenvalue weighted by atomic mass is 19.3. The van der Waals surface area contributed by atoms with Crippen LogP contribution in [0.2, 0.25) is 0 Å². The number of ether oxygens (including phenoxy) is 1. The molecule has 1 aliphatic heterocycles. The lowest BCUT2D eigenvalue weighted by Gasteiger charge is -2.18. The number of benzene rings is 1. The molecule has 4 rings (SSSR count). The summed E-state index contributed by atoms with van der Waals surface area (Å²) in [5.41, 5.74) is 0.864. The van der Waals surface area contributed by atoms with Gasteiger partial charge in [-0.3, -0.25) is 19.5 Å². The lowest BCUT2D eigenvalue weighted by atomic mass is 9.85. The van der Waals surface area contributed by atoms with Crippen molar-refractivity contribution in [2.75, 3.05) is 26.7 Å². The van der Waals surface area contributed by atoms with Crippen molar-refractivity contribution in [1.29, 1.82) is 0 Å². The molecule has 1 heterocycles. The quantitative estimate of drug-likeness (QED) is 0.200. The first-order valence-electron chi connectivity index (χ1n) is 11.0.